The first kappa shape index (κ1) is 20.0. The van der Waals surface area contributed by atoms with Crippen LogP contribution in [-0.2, 0) is 12.7 Å². The van der Waals surface area contributed by atoms with Crippen LogP contribution in [-0.4, -0.2) is 17.0 Å². The topological polar surface area (TPSA) is 47.2 Å². The van der Waals surface area contributed by atoms with Crippen molar-refractivity contribution in [3.8, 4) is 0 Å². The van der Waals surface area contributed by atoms with Crippen LogP contribution in [0.2, 0.25) is 0 Å². The fraction of sp³-hybridized carbons (Fsp3) is 0.381. The highest BCUT2D eigenvalue weighted by atomic mass is 19.4. The molecule has 1 N–H and O–H groups in total. The van der Waals surface area contributed by atoms with E-state index in [-0.39, 0.29) is 12.5 Å². The number of furan rings is 1. The Balaban J connectivity index is 1.87. The zero-order chi connectivity index (χ0) is 20.3. The minimum atomic E-state index is -4.37. The number of unbranched alkanes of at least 4 members (excludes halogenated alkanes) is 2. The summed E-state index contributed by atoms with van der Waals surface area (Å²) in [4.78, 5) is 12.6. The van der Waals surface area contributed by atoms with Gasteiger partial charge in [0.15, 0.2) is 5.58 Å². The van der Waals surface area contributed by atoms with Crippen molar-refractivity contribution in [2.24, 2.45) is 0 Å². The molecule has 0 aliphatic carbocycles. The van der Waals surface area contributed by atoms with Gasteiger partial charge in [-0.3, -0.25) is 4.79 Å². The van der Waals surface area contributed by atoms with Crippen molar-refractivity contribution in [1.29, 1.82) is 0 Å². The first-order chi connectivity index (χ1) is 13.3. The van der Waals surface area contributed by atoms with Crippen LogP contribution in [0.5, 0.6) is 0 Å². The van der Waals surface area contributed by atoms with Crippen molar-refractivity contribution < 1.29 is 22.4 Å². The van der Waals surface area contributed by atoms with Crippen LogP contribution in [0.1, 0.15) is 53.6 Å². The quantitative estimate of drug-likeness (QED) is 0.538. The molecule has 2 heterocycles. The summed E-state index contributed by atoms with van der Waals surface area (Å²) in [6.07, 6.45) is -1.37. The molecule has 1 amide bonds. The first-order valence-corrected chi connectivity index (χ1v) is 9.33. The van der Waals surface area contributed by atoms with E-state index in [1.165, 1.54) is 12.1 Å². The summed E-state index contributed by atoms with van der Waals surface area (Å²) >= 11 is 0. The van der Waals surface area contributed by atoms with Crippen LogP contribution >= 0.6 is 0 Å². The van der Waals surface area contributed by atoms with Crippen LogP contribution < -0.4 is 5.32 Å². The molecule has 1 aromatic carbocycles. The van der Waals surface area contributed by atoms with Crippen molar-refractivity contribution >= 4 is 17.0 Å². The third-order valence-corrected chi connectivity index (χ3v) is 4.63. The van der Waals surface area contributed by atoms with Gasteiger partial charge < -0.3 is 14.3 Å². The molecule has 0 aliphatic rings. The average molecular weight is 392 g/mol. The number of nitrogens with zero attached hydrogens (tertiary/aromatic N) is 1. The van der Waals surface area contributed by atoms with Gasteiger partial charge in [0, 0.05) is 25.2 Å². The van der Waals surface area contributed by atoms with Gasteiger partial charge >= 0.3 is 6.18 Å². The van der Waals surface area contributed by atoms with E-state index >= 15 is 0 Å². The number of benzene rings is 1. The van der Waals surface area contributed by atoms with Gasteiger partial charge in [0.1, 0.15) is 11.5 Å². The number of amides is 1. The van der Waals surface area contributed by atoms with Gasteiger partial charge in [-0.05, 0) is 31.0 Å². The molecule has 28 heavy (non-hydrogen) atoms. The van der Waals surface area contributed by atoms with Crippen LogP contribution in [0.3, 0.4) is 0 Å². The molecule has 0 spiro atoms. The molecule has 0 bridgehead atoms. The Bertz CT molecular complexity index is 953. The second-order valence-electron chi connectivity index (χ2n) is 6.88. The molecule has 4 nitrogen and oxygen atoms in total. The lowest BCUT2D eigenvalue weighted by atomic mass is 10.1. The van der Waals surface area contributed by atoms with Crippen molar-refractivity contribution in [1.82, 2.24) is 9.88 Å². The summed E-state index contributed by atoms with van der Waals surface area (Å²) in [5, 5.41) is 2.90. The molecular formula is C21H23F3N2O2. The summed E-state index contributed by atoms with van der Waals surface area (Å²) < 4.78 is 45.8. The van der Waals surface area contributed by atoms with Crippen molar-refractivity contribution in [3.63, 3.8) is 0 Å². The van der Waals surface area contributed by atoms with Gasteiger partial charge in [0.2, 0.25) is 0 Å². The molecule has 0 aliphatic heterocycles. The molecule has 2 aromatic heterocycles. The Morgan fingerprint density at radius 1 is 1.14 bits per heavy atom. The molecule has 7 heteroatoms. The van der Waals surface area contributed by atoms with Gasteiger partial charge in [-0.25, -0.2) is 0 Å². The Morgan fingerprint density at radius 3 is 2.50 bits per heavy atom. The predicted octanol–water partition coefficient (Wildman–Crippen LogP) is 5.53. The summed E-state index contributed by atoms with van der Waals surface area (Å²) in [5.41, 5.74) is 1.75. The third-order valence-electron chi connectivity index (χ3n) is 4.63. The van der Waals surface area contributed by atoms with Gasteiger partial charge in [0.25, 0.3) is 5.91 Å². The second kappa shape index (κ2) is 8.12. The molecule has 3 rings (SSSR count). The molecule has 150 valence electrons. The number of rotatable bonds is 7. The summed E-state index contributed by atoms with van der Waals surface area (Å²) in [6.45, 7) is 4.76. The fourth-order valence-electron chi connectivity index (χ4n) is 3.17. The van der Waals surface area contributed by atoms with E-state index in [2.05, 4.69) is 12.2 Å². The Morgan fingerprint density at radius 2 is 1.86 bits per heavy atom. The standard InChI is InChI=1S/C21H23F3N2O2/c1-3-4-5-10-25-20(27)18-12-19-17(11-14(2)28-19)26(18)13-15-6-8-16(9-7-15)21(22,23)24/h6-9,11-12H,3-5,10,13H2,1-2H3,(H,25,27). The number of aromatic nitrogens is 1. The maximum atomic E-state index is 12.8. The summed E-state index contributed by atoms with van der Waals surface area (Å²) in [6, 6.07) is 8.49. The van der Waals surface area contributed by atoms with Crippen molar-refractivity contribution in [2.45, 2.75) is 45.8 Å². The summed E-state index contributed by atoms with van der Waals surface area (Å²) in [5.74, 6) is 0.494. The number of carbonyl (C=O) groups excluding carboxylic acids is 1. The van der Waals surface area contributed by atoms with Gasteiger partial charge in [-0.1, -0.05) is 31.9 Å². The average Bonchev–Trinajstić information content (AvgIpc) is 3.15. The maximum Gasteiger partial charge on any atom is 0.416 e. The third kappa shape index (κ3) is 4.40. The highest BCUT2D eigenvalue weighted by Crippen LogP contribution is 2.30. The van der Waals surface area contributed by atoms with Crippen molar-refractivity contribution in [2.75, 3.05) is 6.54 Å². The van der Waals surface area contributed by atoms with Crippen molar-refractivity contribution in [3.05, 3.63) is 59.0 Å². The molecule has 0 fully saturated rings. The lowest BCUT2D eigenvalue weighted by Gasteiger charge is -2.12. The number of carbonyl (C=O) groups is 1. The van der Waals surface area contributed by atoms with Crippen LogP contribution in [0.25, 0.3) is 11.1 Å². The number of hydrogen-bond donors (Lipinski definition) is 1. The monoisotopic (exact) mass is 392 g/mol. The molecule has 0 saturated heterocycles. The lowest BCUT2D eigenvalue weighted by Crippen LogP contribution is -2.27. The Labute approximate surface area is 161 Å². The van der Waals surface area contributed by atoms with Crippen LogP contribution in [0, 0.1) is 6.92 Å². The molecule has 3 aromatic rings. The van der Waals surface area contributed by atoms with E-state index in [1.807, 2.05) is 13.0 Å². The largest absolute Gasteiger partial charge is 0.460 e. The van der Waals surface area contributed by atoms with Crippen LogP contribution in [0.15, 0.2) is 40.8 Å². The fourth-order valence-corrected chi connectivity index (χ4v) is 3.17. The van der Waals surface area contributed by atoms with E-state index in [1.54, 1.807) is 10.6 Å². The van der Waals surface area contributed by atoms with Gasteiger partial charge in [-0.15, -0.1) is 0 Å². The normalized spacial score (nSPS) is 11.9. The summed E-state index contributed by atoms with van der Waals surface area (Å²) in [7, 11) is 0. The predicted molar refractivity (Wildman–Crippen MR) is 101 cm³/mol. The number of aryl methyl sites for hydroxylation is 1. The Hall–Kier alpha value is -2.70. The minimum Gasteiger partial charge on any atom is -0.460 e. The zero-order valence-electron chi connectivity index (χ0n) is 15.9. The molecular weight excluding hydrogens is 369 g/mol. The smallest absolute Gasteiger partial charge is 0.416 e. The van der Waals surface area contributed by atoms with Gasteiger partial charge in [-0.2, -0.15) is 13.2 Å². The van der Waals surface area contributed by atoms with E-state index in [0.717, 1.165) is 36.9 Å². The number of nitrogens with one attached hydrogen (secondary N) is 1. The SMILES string of the molecule is CCCCCNC(=O)c1cc2oc(C)cc2n1Cc1ccc(C(F)(F)F)cc1. The van der Waals surface area contributed by atoms with E-state index in [0.29, 0.717) is 29.1 Å². The first-order valence-electron chi connectivity index (χ1n) is 9.33. The second-order valence-corrected chi connectivity index (χ2v) is 6.88. The molecule has 0 radical (unpaired) electrons. The molecule has 0 atom stereocenters. The van der Waals surface area contributed by atoms with Crippen LogP contribution in [0.4, 0.5) is 13.2 Å². The highest BCUT2D eigenvalue weighted by molar-refractivity contribution is 5.97. The number of fused-ring (bicyclic) bond motifs is 1. The van der Waals surface area contributed by atoms with Gasteiger partial charge in [0.05, 0.1) is 11.1 Å². The van der Waals surface area contributed by atoms with E-state index in [9.17, 15) is 18.0 Å². The number of alkyl halides is 3. The zero-order valence-corrected chi connectivity index (χ0v) is 15.9. The molecule has 0 unspecified atom stereocenters. The van der Waals surface area contributed by atoms with E-state index in [4.69, 9.17) is 4.42 Å². The highest BCUT2D eigenvalue weighted by Gasteiger charge is 2.30. The number of halogens is 3. The van der Waals surface area contributed by atoms with E-state index < -0.39 is 11.7 Å². The Kier molecular flexibility index (Phi) is 5.82. The minimum absolute atomic E-state index is 0.216. The number of hydrogen-bond acceptors (Lipinski definition) is 2. The lowest BCUT2D eigenvalue weighted by molar-refractivity contribution is -0.137. The maximum absolute atomic E-state index is 12.8. The molecule has 0 saturated carbocycles.